The summed E-state index contributed by atoms with van der Waals surface area (Å²) in [4.78, 5) is 16.3. The lowest BCUT2D eigenvalue weighted by molar-refractivity contribution is -0.122. The molecule has 3 N–H and O–H groups in total. The Labute approximate surface area is 124 Å². The van der Waals surface area contributed by atoms with Crippen molar-refractivity contribution in [3.8, 4) is 0 Å². The van der Waals surface area contributed by atoms with E-state index in [1.54, 1.807) is 6.20 Å². The minimum atomic E-state index is -0.245. The number of carbonyl (C=O) groups excluding carboxylic acids is 1. The lowest BCUT2D eigenvalue weighted by Crippen LogP contribution is -2.50. The molecular weight excluding hydrogens is 262 g/mol. The van der Waals surface area contributed by atoms with E-state index in [1.807, 2.05) is 12.1 Å². The molecule has 2 aromatic rings. The van der Waals surface area contributed by atoms with Crippen molar-refractivity contribution >= 4 is 16.8 Å². The number of nitrogens with two attached hydrogens (primary N) is 1. The quantitative estimate of drug-likeness (QED) is 0.883. The van der Waals surface area contributed by atoms with E-state index < -0.39 is 0 Å². The van der Waals surface area contributed by atoms with Crippen LogP contribution < -0.4 is 11.1 Å². The molecule has 3 rings (SSSR count). The van der Waals surface area contributed by atoms with Crippen LogP contribution in [0.2, 0.25) is 0 Å². The molecule has 1 aromatic carbocycles. The predicted octanol–water partition coefficient (Wildman–Crippen LogP) is 2.16. The maximum Gasteiger partial charge on any atom is 0.221 e. The van der Waals surface area contributed by atoms with Gasteiger partial charge >= 0.3 is 0 Å². The van der Waals surface area contributed by atoms with Gasteiger partial charge in [-0.15, -0.1) is 0 Å². The summed E-state index contributed by atoms with van der Waals surface area (Å²) in [5, 5.41) is 4.11. The fourth-order valence-corrected chi connectivity index (χ4v) is 2.90. The first-order valence-corrected chi connectivity index (χ1v) is 7.55. The topological polar surface area (TPSA) is 68.0 Å². The molecule has 21 heavy (non-hydrogen) atoms. The van der Waals surface area contributed by atoms with Crippen LogP contribution in [0.5, 0.6) is 0 Å². The second-order valence-corrected chi connectivity index (χ2v) is 5.98. The normalized spacial score (nSPS) is 16.4. The molecule has 1 amide bonds. The summed E-state index contributed by atoms with van der Waals surface area (Å²) >= 11 is 0. The van der Waals surface area contributed by atoms with Crippen LogP contribution in [0.15, 0.2) is 36.5 Å². The summed E-state index contributed by atoms with van der Waals surface area (Å²) < 4.78 is 0. The van der Waals surface area contributed by atoms with E-state index in [4.69, 9.17) is 5.73 Å². The van der Waals surface area contributed by atoms with Gasteiger partial charge in [-0.25, -0.2) is 0 Å². The van der Waals surface area contributed by atoms with Gasteiger partial charge in [0, 0.05) is 30.1 Å². The number of nitrogens with zero attached hydrogens (tertiary/aromatic N) is 1. The molecule has 0 bridgehead atoms. The number of aromatic nitrogens is 1. The molecule has 0 atom stereocenters. The third-order valence-corrected chi connectivity index (χ3v) is 4.29. The van der Waals surface area contributed by atoms with Crippen molar-refractivity contribution in [2.24, 2.45) is 5.73 Å². The minimum absolute atomic E-state index is 0.0606. The Morgan fingerprint density at radius 3 is 2.86 bits per heavy atom. The number of rotatable bonds is 5. The summed E-state index contributed by atoms with van der Waals surface area (Å²) in [5.74, 6) is 0.0606. The van der Waals surface area contributed by atoms with E-state index >= 15 is 0 Å². The highest BCUT2D eigenvalue weighted by molar-refractivity contribution is 5.81. The first kappa shape index (κ1) is 14.0. The zero-order valence-corrected chi connectivity index (χ0v) is 12.1. The molecule has 0 unspecified atom stereocenters. The Morgan fingerprint density at radius 2 is 2.10 bits per heavy atom. The highest BCUT2D eigenvalue weighted by Gasteiger charge is 2.34. The average Bonchev–Trinajstić information content (AvgIpc) is 2.46. The third kappa shape index (κ3) is 3.22. The molecular formula is C17H21N3O. The van der Waals surface area contributed by atoms with E-state index in [2.05, 4.69) is 28.5 Å². The largest absolute Gasteiger partial charge is 0.356 e. The molecule has 1 saturated carbocycles. The second-order valence-electron chi connectivity index (χ2n) is 5.98. The van der Waals surface area contributed by atoms with E-state index in [9.17, 15) is 4.79 Å². The number of pyridine rings is 1. The molecule has 110 valence electrons. The number of hydrogen-bond acceptors (Lipinski definition) is 3. The molecule has 4 heteroatoms. The predicted molar refractivity (Wildman–Crippen MR) is 83.8 cm³/mol. The maximum atomic E-state index is 11.9. The standard InChI is InChI=1S/C17H21N3O/c18-17(8-3-9-17)12-15(21)19-11-7-14-5-1-4-13-6-2-10-20-16(13)14/h1-2,4-6,10H,3,7-9,11-12,18H2,(H,19,21). The lowest BCUT2D eigenvalue weighted by atomic mass is 9.75. The van der Waals surface area contributed by atoms with Crippen molar-refractivity contribution in [3.05, 3.63) is 42.1 Å². The zero-order valence-electron chi connectivity index (χ0n) is 12.1. The van der Waals surface area contributed by atoms with Crippen molar-refractivity contribution < 1.29 is 4.79 Å². The summed E-state index contributed by atoms with van der Waals surface area (Å²) in [6, 6.07) is 10.1. The van der Waals surface area contributed by atoms with Gasteiger partial charge in [-0.2, -0.15) is 0 Å². The van der Waals surface area contributed by atoms with Crippen LogP contribution in [0.3, 0.4) is 0 Å². The van der Waals surface area contributed by atoms with Gasteiger partial charge in [0.1, 0.15) is 0 Å². The van der Waals surface area contributed by atoms with Crippen molar-refractivity contribution in [1.29, 1.82) is 0 Å². The van der Waals surface area contributed by atoms with E-state index in [-0.39, 0.29) is 11.4 Å². The molecule has 0 radical (unpaired) electrons. The van der Waals surface area contributed by atoms with Gasteiger partial charge in [0.25, 0.3) is 0 Å². The van der Waals surface area contributed by atoms with E-state index in [0.29, 0.717) is 13.0 Å². The summed E-state index contributed by atoms with van der Waals surface area (Å²) in [5.41, 5.74) is 8.03. The van der Waals surface area contributed by atoms with Gasteiger partial charge in [0.2, 0.25) is 5.91 Å². The second kappa shape index (κ2) is 5.82. The highest BCUT2D eigenvalue weighted by Crippen LogP contribution is 2.31. The number of benzene rings is 1. The molecule has 0 aliphatic heterocycles. The minimum Gasteiger partial charge on any atom is -0.356 e. The Balaban J connectivity index is 1.56. The van der Waals surface area contributed by atoms with Crippen LogP contribution in [0, 0.1) is 0 Å². The Bertz CT molecular complexity index is 644. The average molecular weight is 283 g/mol. The van der Waals surface area contributed by atoms with Crippen molar-refractivity contribution in [2.75, 3.05) is 6.54 Å². The van der Waals surface area contributed by atoms with Gasteiger partial charge in [0.15, 0.2) is 0 Å². The molecule has 1 heterocycles. The number of amides is 1. The number of para-hydroxylation sites is 1. The van der Waals surface area contributed by atoms with Gasteiger partial charge in [0.05, 0.1) is 5.52 Å². The van der Waals surface area contributed by atoms with Crippen molar-refractivity contribution in [3.63, 3.8) is 0 Å². The fraction of sp³-hybridized carbons (Fsp3) is 0.412. The Hall–Kier alpha value is -1.94. The number of hydrogen-bond donors (Lipinski definition) is 2. The van der Waals surface area contributed by atoms with Crippen LogP contribution in [0.1, 0.15) is 31.2 Å². The van der Waals surface area contributed by atoms with Gasteiger partial charge in [-0.3, -0.25) is 9.78 Å². The van der Waals surface area contributed by atoms with E-state index in [0.717, 1.165) is 36.6 Å². The highest BCUT2D eigenvalue weighted by atomic mass is 16.1. The van der Waals surface area contributed by atoms with Crippen LogP contribution in [0.25, 0.3) is 10.9 Å². The van der Waals surface area contributed by atoms with Crippen LogP contribution >= 0.6 is 0 Å². The molecule has 0 spiro atoms. The number of nitrogens with one attached hydrogen (secondary N) is 1. The molecule has 1 aromatic heterocycles. The van der Waals surface area contributed by atoms with Gasteiger partial charge < -0.3 is 11.1 Å². The van der Waals surface area contributed by atoms with Crippen LogP contribution in [-0.2, 0) is 11.2 Å². The maximum absolute atomic E-state index is 11.9. The third-order valence-electron chi connectivity index (χ3n) is 4.29. The number of fused-ring (bicyclic) bond motifs is 1. The van der Waals surface area contributed by atoms with Gasteiger partial charge in [-0.1, -0.05) is 24.3 Å². The smallest absolute Gasteiger partial charge is 0.221 e. The Kier molecular flexibility index (Phi) is 3.88. The van der Waals surface area contributed by atoms with Crippen LogP contribution in [0.4, 0.5) is 0 Å². The van der Waals surface area contributed by atoms with Gasteiger partial charge in [-0.05, 0) is 37.3 Å². The summed E-state index contributed by atoms with van der Waals surface area (Å²) in [6.45, 7) is 0.630. The molecule has 1 fully saturated rings. The first-order chi connectivity index (χ1) is 10.2. The summed E-state index contributed by atoms with van der Waals surface area (Å²) in [7, 11) is 0. The molecule has 0 saturated heterocycles. The van der Waals surface area contributed by atoms with Crippen LogP contribution in [-0.4, -0.2) is 23.0 Å². The number of carbonyl (C=O) groups is 1. The monoisotopic (exact) mass is 283 g/mol. The SMILES string of the molecule is NC1(CC(=O)NCCc2cccc3cccnc23)CCC1. The Morgan fingerprint density at radius 1 is 1.29 bits per heavy atom. The molecule has 4 nitrogen and oxygen atoms in total. The summed E-state index contributed by atoms with van der Waals surface area (Å²) in [6.07, 6.45) is 6.12. The molecule has 1 aliphatic rings. The fourth-order valence-electron chi connectivity index (χ4n) is 2.90. The zero-order chi connectivity index (χ0) is 14.7. The van der Waals surface area contributed by atoms with Crippen molar-refractivity contribution in [1.82, 2.24) is 10.3 Å². The van der Waals surface area contributed by atoms with Crippen molar-refractivity contribution in [2.45, 2.75) is 37.6 Å². The first-order valence-electron chi connectivity index (χ1n) is 7.55. The van der Waals surface area contributed by atoms with E-state index in [1.165, 1.54) is 5.56 Å². The lowest BCUT2D eigenvalue weighted by Gasteiger charge is -2.37. The molecule has 1 aliphatic carbocycles.